The summed E-state index contributed by atoms with van der Waals surface area (Å²) in [5, 5.41) is 33.8. The monoisotopic (exact) mass is 313 g/mol. The Bertz CT molecular complexity index is 249. The van der Waals surface area contributed by atoms with E-state index in [2.05, 4.69) is 0 Å². The molecule has 0 saturated carbocycles. The molecule has 16 heavy (non-hydrogen) atoms. The van der Waals surface area contributed by atoms with Gasteiger partial charge in [-0.25, -0.2) is 4.79 Å². The zero-order chi connectivity index (χ0) is 10.6. The number of hydrogen-bond acceptors (Lipinski definition) is 5. The normalized spacial score (nSPS) is 8.81. The molecule has 0 aromatic rings. The van der Waals surface area contributed by atoms with Gasteiger partial charge in [0, 0.05) is 0 Å². The first kappa shape index (κ1) is 24.9. The van der Waals surface area contributed by atoms with E-state index in [9.17, 15) is 14.4 Å². The zero-order valence-electron chi connectivity index (χ0n) is 9.54. The van der Waals surface area contributed by atoms with E-state index >= 15 is 0 Å². The average molecular weight is 314 g/mol. The van der Waals surface area contributed by atoms with Gasteiger partial charge in [0.1, 0.15) is 0 Å². The molecule has 0 rings (SSSR count). The summed E-state index contributed by atoms with van der Waals surface area (Å²) in [6.45, 7) is 0. The van der Waals surface area contributed by atoms with Crippen molar-refractivity contribution >= 4 is 34.9 Å². The van der Waals surface area contributed by atoms with Gasteiger partial charge in [-0.05, 0) is 0 Å². The molecule has 10 heteroatoms. The molecular formula is C6H13BrNNaO7. The molecule has 0 unspecified atom stereocenters. The second-order valence-electron chi connectivity index (χ2n) is 2.48. The third kappa shape index (κ3) is 9.07. The number of carboxylic acid groups (broad SMARTS) is 3. The summed E-state index contributed by atoms with van der Waals surface area (Å²) >= 11 is 0. The fourth-order valence-corrected chi connectivity index (χ4v) is 0.714. The average Bonchev–Trinajstić information content (AvgIpc) is 1.82. The van der Waals surface area contributed by atoms with Crippen molar-refractivity contribution in [2.75, 3.05) is 0 Å². The van der Waals surface area contributed by atoms with Crippen molar-refractivity contribution in [3.05, 3.63) is 0 Å². The zero-order valence-corrected chi connectivity index (χ0v) is 12.3. The summed E-state index contributed by atoms with van der Waals surface area (Å²) in [4.78, 5) is 30.5. The topological polar surface area (TPSA) is 167 Å². The van der Waals surface area contributed by atoms with E-state index in [-0.39, 0.29) is 54.1 Å². The smallest absolute Gasteiger partial charge is 1.00 e. The minimum Gasteiger partial charge on any atom is -1.00 e. The van der Waals surface area contributed by atoms with Crippen molar-refractivity contribution in [2.24, 2.45) is 0 Å². The molecule has 0 aliphatic carbocycles. The number of carbonyl (C=O) groups is 3. The van der Waals surface area contributed by atoms with E-state index in [0.717, 1.165) is 0 Å². The van der Waals surface area contributed by atoms with Crippen molar-refractivity contribution in [2.45, 2.75) is 18.4 Å². The molecule has 0 saturated heterocycles. The number of aliphatic hydroxyl groups is 1. The quantitative estimate of drug-likeness (QED) is 0.327. The van der Waals surface area contributed by atoms with Gasteiger partial charge in [-0.2, -0.15) is 0 Å². The minimum atomic E-state index is -2.74. The molecule has 0 heterocycles. The van der Waals surface area contributed by atoms with Crippen LogP contribution in [0.25, 0.3) is 0 Å². The van der Waals surface area contributed by atoms with Gasteiger partial charge in [0.25, 0.3) is 0 Å². The van der Waals surface area contributed by atoms with Crippen LogP contribution in [0.4, 0.5) is 0 Å². The van der Waals surface area contributed by atoms with Gasteiger partial charge in [-0.3, -0.25) is 9.59 Å². The molecular weight excluding hydrogens is 301 g/mol. The van der Waals surface area contributed by atoms with E-state index in [4.69, 9.17) is 20.4 Å². The Morgan fingerprint density at radius 3 is 1.38 bits per heavy atom. The standard InChI is InChI=1S/C6H8O7.BrH.H3N.Na.H/c7-3(8)1-6(13,5(11)12)2-4(9)10;;;;/h13H,1-2H2,(H,7,8)(H,9,10)(H,11,12);1H;1H3;;/q;;;+1;-1. The second kappa shape index (κ2) is 10.00. The van der Waals surface area contributed by atoms with E-state index in [1.807, 2.05) is 0 Å². The first-order valence-electron chi connectivity index (χ1n) is 3.17. The summed E-state index contributed by atoms with van der Waals surface area (Å²) in [7, 11) is 0. The number of rotatable bonds is 5. The molecule has 0 radical (unpaired) electrons. The molecule has 0 atom stereocenters. The summed E-state index contributed by atoms with van der Waals surface area (Å²) in [6, 6.07) is 0. The number of hydrogen-bond donors (Lipinski definition) is 5. The predicted molar refractivity (Wildman–Crippen MR) is 53.5 cm³/mol. The van der Waals surface area contributed by atoms with Gasteiger partial charge in [-0.1, -0.05) is 0 Å². The van der Waals surface area contributed by atoms with Crippen LogP contribution < -0.4 is 35.7 Å². The molecule has 0 bridgehead atoms. The van der Waals surface area contributed by atoms with E-state index in [0.29, 0.717) is 0 Å². The van der Waals surface area contributed by atoms with Crippen molar-refractivity contribution in [3.63, 3.8) is 0 Å². The van der Waals surface area contributed by atoms with Crippen LogP contribution in [0.5, 0.6) is 0 Å². The molecule has 0 aromatic heterocycles. The molecule has 0 aliphatic rings. The van der Waals surface area contributed by atoms with Crippen LogP contribution in [-0.2, 0) is 14.4 Å². The molecule has 0 spiro atoms. The van der Waals surface area contributed by atoms with Crippen LogP contribution in [0.3, 0.4) is 0 Å². The van der Waals surface area contributed by atoms with Crippen LogP contribution in [0.15, 0.2) is 0 Å². The molecule has 92 valence electrons. The molecule has 0 aromatic carbocycles. The van der Waals surface area contributed by atoms with Crippen molar-refractivity contribution in [1.29, 1.82) is 0 Å². The maximum absolute atomic E-state index is 10.3. The van der Waals surface area contributed by atoms with Crippen molar-refractivity contribution < 1.29 is 65.8 Å². The van der Waals surface area contributed by atoms with Gasteiger partial charge in [0.05, 0.1) is 12.8 Å². The molecule has 0 fully saturated rings. The van der Waals surface area contributed by atoms with Gasteiger partial charge in [-0.15, -0.1) is 17.0 Å². The Balaban J connectivity index is -0.000000120. The van der Waals surface area contributed by atoms with Crippen LogP contribution in [0.2, 0.25) is 0 Å². The first-order valence-corrected chi connectivity index (χ1v) is 3.17. The minimum absolute atomic E-state index is 0. The van der Waals surface area contributed by atoms with E-state index in [1.165, 1.54) is 0 Å². The SMILES string of the molecule is Br.N.O=C(O)CC(O)(CC(=O)O)C(=O)O.[H-].[Na+]. The van der Waals surface area contributed by atoms with Crippen LogP contribution in [-0.4, -0.2) is 43.9 Å². The van der Waals surface area contributed by atoms with Crippen LogP contribution in [0, 0.1) is 0 Å². The molecule has 0 amide bonds. The fourth-order valence-electron chi connectivity index (χ4n) is 0.714. The summed E-state index contributed by atoms with van der Waals surface area (Å²) in [6.07, 6.45) is -2.29. The van der Waals surface area contributed by atoms with Crippen LogP contribution in [0.1, 0.15) is 14.3 Å². The Morgan fingerprint density at radius 2 is 1.25 bits per heavy atom. The number of aliphatic carboxylic acids is 3. The summed E-state index contributed by atoms with van der Waals surface area (Å²) in [5.74, 6) is -5.02. The van der Waals surface area contributed by atoms with E-state index in [1.54, 1.807) is 0 Å². The first-order chi connectivity index (χ1) is 5.78. The molecule has 8 nitrogen and oxygen atoms in total. The van der Waals surface area contributed by atoms with Crippen molar-refractivity contribution in [3.8, 4) is 0 Å². The van der Waals surface area contributed by atoms with Gasteiger partial charge < -0.3 is 28.0 Å². The fraction of sp³-hybridized carbons (Fsp3) is 0.500. The maximum atomic E-state index is 10.3. The van der Waals surface area contributed by atoms with Gasteiger partial charge in [0.15, 0.2) is 5.60 Å². The van der Waals surface area contributed by atoms with Crippen molar-refractivity contribution in [1.82, 2.24) is 6.15 Å². The second-order valence-corrected chi connectivity index (χ2v) is 2.48. The summed E-state index contributed by atoms with van der Waals surface area (Å²) in [5.41, 5.74) is -2.74. The largest absolute Gasteiger partial charge is 1.00 e. The third-order valence-corrected chi connectivity index (χ3v) is 1.29. The Labute approximate surface area is 125 Å². The Kier molecular flexibility index (Phi) is 15.5. The molecule has 7 N–H and O–H groups in total. The maximum Gasteiger partial charge on any atom is 1.00 e. The molecule has 0 aliphatic heterocycles. The Hall–Kier alpha value is -0.190. The summed E-state index contributed by atoms with van der Waals surface area (Å²) < 4.78 is 0. The van der Waals surface area contributed by atoms with E-state index < -0.39 is 36.4 Å². The van der Waals surface area contributed by atoms with Gasteiger partial charge >= 0.3 is 47.5 Å². The predicted octanol–water partition coefficient (Wildman–Crippen LogP) is -3.39. The van der Waals surface area contributed by atoms with Crippen LogP contribution >= 0.6 is 17.0 Å². The van der Waals surface area contributed by atoms with Gasteiger partial charge in [0.2, 0.25) is 0 Å². The third-order valence-electron chi connectivity index (χ3n) is 1.29. The number of halogens is 1. The Morgan fingerprint density at radius 1 is 1.00 bits per heavy atom. The number of carboxylic acids is 3.